The van der Waals surface area contributed by atoms with Crippen LogP contribution in [0, 0.1) is 5.92 Å². The number of hydrogen-bond acceptors (Lipinski definition) is 8. The maximum absolute atomic E-state index is 13.2. The van der Waals surface area contributed by atoms with E-state index in [0.717, 1.165) is 48.1 Å². The summed E-state index contributed by atoms with van der Waals surface area (Å²) in [5, 5.41) is 26.0. The molecule has 0 unspecified atom stereocenters. The van der Waals surface area contributed by atoms with Gasteiger partial charge in [0.1, 0.15) is 29.8 Å². The van der Waals surface area contributed by atoms with Gasteiger partial charge in [0.15, 0.2) is 0 Å². The van der Waals surface area contributed by atoms with Crippen molar-refractivity contribution < 1.29 is 38.9 Å². The zero-order valence-corrected chi connectivity index (χ0v) is 28.6. The number of ether oxygens (including phenoxy) is 2. The number of aryl methyl sites for hydroxylation is 1. The second kappa shape index (κ2) is 15.2. The summed E-state index contributed by atoms with van der Waals surface area (Å²) in [6, 6.07) is 5.88. The lowest BCUT2D eigenvalue weighted by atomic mass is 9.73. The van der Waals surface area contributed by atoms with E-state index in [4.69, 9.17) is 9.47 Å². The second-order valence-electron chi connectivity index (χ2n) is 13.0. The minimum Gasteiger partial charge on any atom is -0.507 e. The molecular formula is C37H44N2O8S. The molecule has 3 aliphatic rings. The van der Waals surface area contributed by atoms with Crippen molar-refractivity contribution in [2.45, 2.75) is 96.6 Å². The normalized spacial score (nSPS) is 21.9. The molecular weight excluding hydrogens is 632 g/mol. The standard InChI is InChI=1S/C37H44N2O8S/c1-5-6-7-9-23-17-29(40)32(27-16-22(4)11-13-26(27)21(2)3)30(18-23)47-37(45)46-20-24-12-14-28-33(35(42)39(28)34(24)36(43)44)38-31(41)19-25-10-8-15-48-25/h8,10,15-18,26-28,33,40H,2,5-7,9,11-14,19-20H2,1,3-4H3,(H,38,41)(H,43,44)/t26-,27+,28+,33-/m0/s1. The number of hydrogen-bond donors (Lipinski definition) is 3. The number of amides is 2. The van der Waals surface area contributed by atoms with Gasteiger partial charge in [-0.15, -0.1) is 11.3 Å². The highest BCUT2D eigenvalue weighted by Gasteiger charge is 2.53. The van der Waals surface area contributed by atoms with Crippen molar-refractivity contribution >= 4 is 35.3 Å². The fourth-order valence-corrected chi connectivity index (χ4v) is 7.76. The molecule has 5 rings (SSSR count). The van der Waals surface area contributed by atoms with Gasteiger partial charge in [0.2, 0.25) is 5.91 Å². The van der Waals surface area contributed by atoms with Gasteiger partial charge in [-0.2, -0.15) is 0 Å². The number of aromatic hydroxyl groups is 1. The average molecular weight is 677 g/mol. The van der Waals surface area contributed by atoms with Crippen LogP contribution in [0.3, 0.4) is 0 Å². The van der Waals surface area contributed by atoms with Gasteiger partial charge in [0, 0.05) is 16.4 Å². The van der Waals surface area contributed by atoms with Crippen molar-refractivity contribution in [1.82, 2.24) is 10.2 Å². The number of carboxylic acid groups (broad SMARTS) is 1. The molecule has 0 saturated carbocycles. The molecule has 256 valence electrons. The lowest BCUT2D eigenvalue weighted by Gasteiger charge is -2.50. The largest absolute Gasteiger partial charge is 0.514 e. The van der Waals surface area contributed by atoms with E-state index in [0.29, 0.717) is 18.4 Å². The van der Waals surface area contributed by atoms with Crippen LogP contribution in [0.1, 0.15) is 87.6 Å². The van der Waals surface area contributed by atoms with Gasteiger partial charge in [-0.25, -0.2) is 9.59 Å². The Hall–Kier alpha value is -4.38. The van der Waals surface area contributed by atoms with Crippen LogP contribution in [0.15, 0.2) is 64.7 Å². The number of nitrogens with zero attached hydrogens (tertiary/aromatic N) is 1. The Kier molecular flexibility index (Phi) is 11.1. The molecule has 2 aromatic rings. The molecule has 2 amide bonds. The van der Waals surface area contributed by atoms with Crippen LogP contribution in [0.2, 0.25) is 0 Å². The first kappa shape index (κ1) is 34.9. The number of aliphatic carboxylic acids is 1. The molecule has 1 aromatic heterocycles. The number of benzene rings is 1. The van der Waals surface area contributed by atoms with Crippen LogP contribution < -0.4 is 10.1 Å². The highest BCUT2D eigenvalue weighted by molar-refractivity contribution is 7.10. The Labute approximate surface area is 285 Å². The third kappa shape index (κ3) is 7.67. The number of unbranched alkanes of at least 4 members (excludes halogenated alkanes) is 2. The van der Waals surface area contributed by atoms with Gasteiger partial charge >= 0.3 is 12.1 Å². The summed E-state index contributed by atoms with van der Waals surface area (Å²) >= 11 is 1.44. The molecule has 0 spiro atoms. The number of rotatable bonds is 13. The summed E-state index contributed by atoms with van der Waals surface area (Å²) in [5.41, 5.74) is 3.50. The molecule has 10 nitrogen and oxygen atoms in total. The number of carboxylic acids is 1. The smallest absolute Gasteiger partial charge is 0.507 e. The van der Waals surface area contributed by atoms with E-state index >= 15 is 0 Å². The summed E-state index contributed by atoms with van der Waals surface area (Å²) in [4.78, 5) is 53.2. The monoisotopic (exact) mass is 676 g/mol. The van der Waals surface area contributed by atoms with Gasteiger partial charge in [0.05, 0.1) is 12.5 Å². The Balaban J connectivity index is 1.32. The minimum absolute atomic E-state index is 0.0384. The highest BCUT2D eigenvalue weighted by Crippen LogP contribution is 2.47. The Morgan fingerprint density at radius 3 is 2.65 bits per heavy atom. The number of fused-ring (bicyclic) bond motifs is 1. The Bertz CT molecular complexity index is 1640. The molecule has 1 fully saturated rings. The summed E-state index contributed by atoms with van der Waals surface area (Å²) in [6.45, 7) is 9.91. The first-order chi connectivity index (χ1) is 23.0. The fraction of sp³-hybridized carbons (Fsp3) is 0.459. The Morgan fingerprint density at radius 2 is 1.96 bits per heavy atom. The van der Waals surface area contributed by atoms with Crippen LogP contribution in [0.25, 0.3) is 0 Å². The molecule has 1 saturated heterocycles. The van der Waals surface area contributed by atoms with Gasteiger partial charge in [-0.05, 0) is 93.0 Å². The first-order valence-corrected chi connectivity index (χ1v) is 17.5. The van der Waals surface area contributed by atoms with Crippen LogP contribution in [0.5, 0.6) is 11.5 Å². The molecule has 1 aliphatic carbocycles. The van der Waals surface area contributed by atoms with Gasteiger partial charge in [-0.3, -0.25) is 14.5 Å². The van der Waals surface area contributed by atoms with E-state index in [2.05, 4.69) is 24.9 Å². The van der Waals surface area contributed by atoms with Crippen LogP contribution >= 0.6 is 11.3 Å². The second-order valence-corrected chi connectivity index (χ2v) is 14.1. The molecule has 1 aromatic carbocycles. The molecule has 48 heavy (non-hydrogen) atoms. The topological polar surface area (TPSA) is 142 Å². The quantitative estimate of drug-likeness (QED) is 0.0693. The Morgan fingerprint density at radius 1 is 1.17 bits per heavy atom. The van der Waals surface area contributed by atoms with Crippen molar-refractivity contribution in [1.29, 1.82) is 0 Å². The van der Waals surface area contributed by atoms with E-state index in [1.807, 2.05) is 31.4 Å². The van der Waals surface area contributed by atoms with Crippen molar-refractivity contribution in [3.05, 3.63) is 80.7 Å². The van der Waals surface area contributed by atoms with Gasteiger partial charge in [-0.1, -0.05) is 49.6 Å². The summed E-state index contributed by atoms with van der Waals surface area (Å²) in [5.74, 6) is -2.11. The zero-order valence-electron chi connectivity index (χ0n) is 27.8. The summed E-state index contributed by atoms with van der Waals surface area (Å²) in [7, 11) is 0. The van der Waals surface area contributed by atoms with E-state index < -0.39 is 30.1 Å². The minimum atomic E-state index is -1.32. The third-order valence-electron chi connectivity index (χ3n) is 9.49. The van der Waals surface area contributed by atoms with E-state index in [1.54, 1.807) is 12.1 Å². The highest BCUT2D eigenvalue weighted by atomic mass is 32.1. The number of phenols is 1. The summed E-state index contributed by atoms with van der Waals surface area (Å²) < 4.78 is 11.3. The molecule has 4 atom stereocenters. The predicted molar refractivity (Wildman–Crippen MR) is 182 cm³/mol. The maximum Gasteiger partial charge on any atom is 0.514 e. The molecule has 0 radical (unpaired) electrons. The van der Waals surface area contributed by atoms with Gasteiger partial charge in [0.25, 0.3) is 5.91 Å². The van der Waals surface area contributed by atoms with E-state index in [1.165, 1.54) is 21.8 Å². The van der Waals surface area contributed by atoms with E-state index in [9.17, 15) is 29.4 Å². The van der Waals surface area contributed by atoms with Gasteiger partial charge < -0.3 is 25.0 Å². The van der Waals surface area contributed by atoms with Crippen LogP contribution in [-0.2, 0) is 32.0 Å². The number of nitrogens with one attached hydrogen (secondary N) is 1. The zero-order chi connectivity index (χ0) is 34.5. The molecule has 3 N–H and O–H groups in total. The van der Waals surface area contributed by atoms with E-state index in [-0.39, 0.29) is 60.0 Å². The predicted octanol–water partition coefficient (Wildman–Crippen LogP) is 6.79. The van der Waals surface area contributed by atoms with Crippen LogP contribution in [-0.4, -0.2) is 57.7 Å². The SMILES string of the molecule is C=C(C)[C@@H]1CCC(C)=C[C@H]1c1c(O)cc(CCCCC)cc1OC(=O)OCC1=C(C(=O)O)N2C(=O)[C@@H](NC(=O)Cc3cccs3)[C@H]2CC1. The number of β-lactam (4-membered cyclic amide) rings is 1. The number of carbonyl (C=O) groups is 4. The lowest BCUT2D eigenvalue weighted by molar-refractivity contribution is -0.156. The van der Waals surface area contributed by atoms with Crippen molar-refractivity contribution in [3.63, 3.8) is 0 Å². The molecule has 0 bridgehead atoms. The maximum atomic E-state index is 13.2. The molecule has 11 heteroatoms. The number of phenolic OH excluding ortho intramolecular Hbond substituents is 1. The third-order valence-corrected chi connectivity index (χ3v) is 10.4. The lowest BCUT2D eigenvalue weighted by Crippen LogP contribution is -2.71. The van der Waals surface area contributed by atoms with Crippen molar-refractivity contribution in [2.24, 2.45) is 5.92 Å². The number of carbonyl (C=O) groups excluding carboxylic acids is 3. The van der Waals surface area contributed by atoms with Crippen molar-refractivity contribution in [2.75, 3.05) is 6.61 Å². The average Bonchev–Trinajstić information content (AvgIpc) is 3.55. The molecule has 3 heterocycles. The number of thiophene rings is 1. The van der Waals surface area contributed by atoms with Crippen LogP contribution in [0.4, 0.5) is 4.79 Å². The first-order valence-electron chi connectivity index (χ1n) is 16.6. The fourth-order valence-electron chi connectivity index (χ4n) is 7.06. The summed E-state index contributed by atoms with van der Waals surface area (Å²) in [6.07, 6.45) is 7.28. The van der Waals surface area contributed by atoms with Crippen molar-refractivity contribution in [3.8, 4) is 11.5 Å². The molecule has 2 aliphatic heterocycles. The number of allylic oxidation sites excluding steroid dienone is 3.